The minimum absolute atomic E-state index is 0.0579. The summed E-state index contributed by atoms with van der Waals surface area (Å²) in [6.45, 7) is 6.49. The monoisotopic (exact) mass is 357 g/mol. The molecule has 0 bridgehead atoms. The van der Waals surface area contributed by atoms with Crippen LogP contribution in [-0.4, -0.2) is 52.1 Å². The predicted molar refractivity (Wildman–Crippen MR) is 93.3 cm³/mol. The number of amides is 3. The fraction of sp³-hybridized carbons (Fsp3) is 0.526. The average molecular weight is 357 g/mol. The number of hydrogen-bond acceptors (Lipinski definition) is 4. The molecule has 4 rings (SSSR count). The highest BCUT2D eigenvalue weighted by Crippen LogP contribution is 2.68. The van der Waals surface area contributed by atoms with Crippen molar-refractivity contribution < 1.29 is 19.1 Å². The number of primary amides is 1. The van der Waals surface area contributed by atoms with E-state index in [0.29, 0.717) is 6.61 Å². The molecule has 0 saturated carbocycles. The molecule has 7 nitrogen and oxygen atoms in total. The standard InChI is InChI=1S/C19H23N3O4/c1-4-7-13-19(16-18(2,3)10-26-17(25)22(16)19)21(13)15(24)12-9-6-5-8-11(12)14(20)23/h5-6,8-9,13,16H,4,7,10H2,1-3H3,(H2,20,23)/t13?,16?,19-,21?,22?/m0/s1. The van der Waals surface area contributed by atoms with Gasteiger partial charge in [0.25, 0.3) is 5.91 Å². The van der Waals surface area contributed by atoms with Gasteiger partial charge in [-0.3, -0.25) is 14.5 Å². The number of nitrogens with two attached hydrogens (primary N) is 1. The molecule has 0 aromatic heterocycles. The molecule has 1 spiro atoms. The topological polar surface area (TPSA) is 92.5 Å². The molecule has 3 saturated heterocycles. The highest BCUT2D eigenvalue weighted by Gasteiger charge is 2.89. The maximum absolute atomic E-state index is 13.3. The summed E-state index contributed by atoms with van der Waals surface area (Å²) in [4.78, 5) is 40.7. The SMILES string of the molecule is CCCC1N(C(=O)c2ccccc2C(N)=O)[C@@]12C1N2C(=O)OCC1(C)C. The Morgan fingerprint density at radius 3 is 2.50 bits per heavy atom. The fourth-order valence-corrected chi connectivity index (χ4v) is 4.75. The Labute approximate surface area is 152 Å². The van der Waals surface area contributed by atoms with E-state index >= 15 is 0 Å². The molecule has 1 aromatic rings. The van der Waals surface area contributed by atoms with Crippen LogP contribution in [0.4, 0.5) is 4.79 Å². The van der Waals surface area contributed by atoms with Gasteiger partial charge in [-0.2, -0.15) is 0 Å². The minimum Gasteiger partial charge on any atom is -0.449 e. The zero-order chi connectivity index (χ0) is 18.9. The van der Waals surface area contributed by atoms with Gasteiger partial charge in [-0.25, -0.2) is 4.79 Å². The van der Waals surface area contributed by atoms with Gasteiger partial charge in [-0.05, 0) is 18.6 Å². The molecule has 3 atom stereocenters. The maximum Gasteiger partial charge on any atom is 0.412 e. The molecule has 3 heterocycles. The van der Waals surface area contributed by atoms with Gasteiger partial charge in [0, 0.05) is 5.41 Å². The average Bonchev–Trinajstić information content (AvgIpc) is 3.47. The van der Waals surface area contributed by atoms with Crippen molar-refractivity contribution in [2.75, 3.05) is 6.61 Å². The van der Waals surface area contributed by atoms with E-state index in [1.165, 1.54) is 0 Å². The van der Waals surface area contributed by atoms with Crippen LogP contribution in [0.2, 0.25) is 0 Å². The molecule has 3 aliphatic rings. The lowest BCUT2D eigenvalue weighted by Crippen LogP contribution is -2.37. The van der Waals surface area contributed by atoms with Crippen LogP contribution >= 0.6 is 0 Å². The molecule has 138 valence electrons. The molecule has 3 fully saturated rings. The van der Waals surface area contributed by atoms with E-state index in [1.807, 2.05) is 13.8 Å². The number of carbonyl (C=O) groups is 3. The van der Waals surface area contributed by atoms with E-state index < -0.39 is 11.6 Å². The van der Waals surface area contributed by atoms with Gasteiger partial charge in [0.05, 0.1) is 23.2 Å². The number of ether oxygens (including phenoxy) is 1. The van der Waals surface area contributed by atoms with Gasteiger partial charge in [0.1, 0.15) is 6.61 Å². The Kier molecular flexibility index (Phi) is 3.39. The number of fused-ring (bicyclic) bond motifs is 3. The van der Waals surface area contributed by atoms with E-state index in [0.717, 1.165) is 12.8 Å². The summed E-state index contributed by atoms with van der Waals surface area (Å²) in [6.07, 6.45) is 1.32. The first-order valence-electron chi connectivity index (χ1n) is 8.97. The molecule has 2 N–H and O–H groups in total. The number of carbonyl (C=O) groups excluding carboxylic acids is 3. The van der Waals surface area contributed by atoms with Crippen molar-refractivity contribution >= 4 is 17.9 Å². The van der Waals surface area contributed by atoms with Crippen LogP contribution in [0.3, 0.4) is 0 Å². The second-order valence-electron chi connectivity index (χ2n) is 7.99. The Balaban J connectivity index is 1.72. The predicted octanol–water partition coefficient (Wildman–Crippen LogP) is 1.97. The van der Waals surface area contributed by atoms with E-state index in [4.69, 9.17) is 10.5 Å². The lowest BCUT2D eigenvalue weighted by molar-refractivity contribution is 0.0494. The third-order valence-electron chi connectivity index (χ3n) is 5.81. The fourth-order valence-electron chi connectivity index (χ4n) is 4.75. The van der Waals surface area contributed by atoms with Gasteiger partial charge >= 0.3 is 6.09 Å². The number of benzene rings is 1. The smallest absolute Gasteiger partial charge is 0.412 e. The lowest BCUT2D eigenvalue weighted by Gasteiger charge is -2.27. The second kappa shape index (κ2) is 5.22. The van der Waals surface area contributed by atoms with Crippen molar-refractivity contribution in [3.63, 3.8) is 0 Å². The van der Waals surface area contributed by atoms with Crippen LogP contribution in [0.5, 0.6) is 0 Å². The van der Waals surface area contributed by atoms with Crippen LogP contribution in [0.1, 0.15) is 54.3 Å². The van der Waals surface area contributed by atoms with Crippen LogP contribution in [0.15, 0.2) is 24.3 Å². The van der Waals surface area contributed by atoms with Crippen molar-refractivity contribution in [3.05, 3.63) is 35.4 Å². The van der Waals surface area contributed by atoms with Gasteiger partial charge < -0.3 is 15.4 Å². The van der Waals surface area contributed by atoms with Crippen LogP contribution < -0.4 is 5.73 Å². The largest absolute Gasteiger partial charge is 0.449 e. The normalized spacial score (nSPS) is 30.7. The molecule has 0 aliphatic carbocycles. The summed E-state index contributed by atoms with van der Waals surface area (Å²) in [7, 11) is 0. The van der Waals surface area contributed by atoms with Crippen molar-refractivity contribution in [1.82, 2.24) is 9.80 Å². The Morgan fingerprint density at radius 1 is 1.27 bits per heavy atom. The number of nitrogens with zero attached hydrogens (tertiary/aromatic N) is 2. The highest BCUT2D eigenvalue weighted by atomic mass is 16.6. The van der Waals surface area contributed by atoms with E-state index in [2.05, 4.69) is 6.92 Å². The summed E-state index contributed by atoms with van der Waals surface area (Å²) in [5.41, 5.74) is 5.07. The van der Waals surface area contributed by atoms with Crippen molar-refractivity contribution in [2.24, 2.45) is 11.1 Å². The van der Waals surface area contributed by atoms with Crippen molar-refractivity contribution in [2.45, 2.75) is 51.4 Å². The molecule has 3 amide bonds. The summed E-state index contributed by atoms with van der Waals surface area (Å²) in [5.74, 6) is -0.888. The number of rotatable bonds is 4. The van der Waals surface area contributed by atoms with E-state index in [1.54, 1.807) is 34.1 Å². The van der Waals surface area contributed by atoms with Gasteiger partial charge in [0.2, 0.25) is 5.91 Å². The van der Waals surface area contributed by atoms with Crippen LogP contribution in [0, 0.1) is 5.41 Å². The maximum atomic E-state index is 13.3. The Hall–Kier alpha value is -2.57. The Morgan fingerprint density at radius 2 is 1.92 bits per heavy atom. The molecule has 3 aliphatic heterocycles. The first-order valence-corrected chi connectivity index (χ1v) is 8.97. The van der Waals surface area contributed by atoms with Gasteiger partial charge in [-0.1, -0.05) is 39.3 Å². The van der Waals surface area contributed by atoms with E-state index in [-0.39, 0.29) is 40.6 Å². The zero-order valence-electron chi connectivity index (χ0n) is 15.2. The first kappa shape index (κ1) is 16.9. The summed E-state index contributed by atoms with van der Waals surface area (Å²) in [5, 5.41) is 0. The van der Waals surface area contributed by atoms with Crippen molar-refractivity contribution in [1.29, 1.82) is 0 Å². The number of cyclic esters (lactones) is 1. The van der Waals surface area contributed by atoms with Crippen molar-refractivity contribution in [3.8, 4) is 0 Å². The minimum atomic E-state index is -0.634. The molecule has 2 unspecified atom stereocenters. The molecule has 0 radical (unpaired) electrons. The molecule has 7 heteroatoms. The number of hydrogen-bond donors (Lipinski definition) is 1. The molecule has 26 heavy (non-hydrogen) atoms. The molecule has 1 aromatic carbocycles. The summed E-state index contributed by atoms with van der Waals surface area (Å²) in [6, 6.07) is 6.44. The third kappa shape index (κ3) is 1.97. The van der Waals surface area contributed by atoms with E-state index in [9.17, 15) is 14.4 Å². The van der Waals surface area contributed by atoms with Gasteiger partial charge in [-0.15, -0.1) is 0 Å². The van der Waals surface area contributed by atoms with Gasteiger partial charge in [0.15, 0.2) is 5.66 Å². The lowest BCUT2D eigenvalue weighted by atomic mass is 9.86. The first-order chi connectivity index (χ1) is 12.3. The van der Waals surface area contributed by atoms with Crippen LogP contribution in [-0.2, 0) is 4.74 Å². The summed E-state index contributed by atoms with van der Waals surface area (Å²) < 4.78 is 5.32. The Bertz CT molecular complexity index is 821. The molecular weight excluding hydrogens is 334 g/mol. The summed E-state index contributed by atoms with van der Waals surface area (Å²) >= 11 is 0. The highest BCUT2D eigenvalue weighted by molar-refractivity contribution is 6.08. The quantitative estimate of drug-likeness (QED) is 0.834. The second-order valence-corrected chi connectivity index (χ2v) is 7.99. The molecular formula is C19H23N3O4. The zero-order valence-corrected chi connectivity index (χ0v) is 15.2. The third-order valence-corrected chi connectivity index (χ3v) is 5.81. The van der Waals surface area contributed by atoms with Crippen LogP contribution in [0.25, 0.3) is 0 Å².